The molecule has 0 fully saturated rings. The molecule has 3 rings (SSSR count). The van der Waals surface area contributed by atoms with Crippen molar-refractivity contribution >= 4 is 20.0 Å². The van der Waals surface area contributed by atoms with E-state index in [0.29, 0.717) is 17.9 Å². The van der Waals surface area contributed by atoms with Crippen LogP contribution in [0, 0.1) is 0 Å². The van der Waals surface area contributed by atoms with Gasteiger partial charge in [-0.2, -0.15) is 0 Å². The lowest BCUT2D eigenvalue weighted by Crippen LogP contribution is -2.33. The van der Waals surface area contributed by atoms with Gasteiger partial charge in [-0.05, 0) is 69.1 Å². The first-order chi connectivity index (χ1) is 13.1. The van der Waals surface area contributed by atoms with Crippen LogP contribution in [0.1, 0.15) is 37.4 Å². The van der Waals surface area contributed by atoms with E-state index in [9.17, 15) is 16.8 Å². The first-order valence-corrected chi connectivity index (χ1v) is 12.0. The zero-order valence-corrected chi connectivity index (χ0v) is 17.6. The molecular weight excluding hydrogens is 400 g/mol. The Labute approximate surface area is 166 Å². The van der Waals surface area contributed by atoms with E-state index in [1.807, 2.05) is 12.1 Å². The summed E-state index contributed by atoms with van der Waals surface area (Å²) in [6, 6.07) is 11.5. The maximum atomic E-state index is 12.2. The Kier molecular flexibility index (Phi) is 5.81. The van der Waals surface area contributed by atoms with Crippen molar-refractivity contribution in [3.05, 3.63) is 53.6 Å². The molecule has 0 radical (unpaired) electrons. The predicted molar refractivity (Wildman–Crippen MR) is 107 cm³/mol. The van der Waals surface area contributed by atoms with Gasteiger partial charge in [-0.15, -0.1) is 0 Å². The number of ether oxygens (including phenoxy) is 1. The van der Waals surface area contributed by atoms with E-state index in [4.69, 9.17) is 4.74 Å². The van der Waals surface area contributed by atoms with Crippen LogP contribution < -0.4 is 14.2 Å². The Morgan fingerprint density at radius 3 is 2.43 bits per heavy atom. The number of fused-ring (bicyclic) bond motifs is 1. The number of benzene rings is 2. The summed E-state index contributed by atoms with van der Waals surface area (Å²) in [5.41, 5.74) is 1.97. The zero-order valence-electron chi connectivity index (χ0n) is 16.0. The van der Waals surface area contributed by atoms with Crippen LogP contribution in [-0.4, -0.2) is 29.1 Å². The Hall–Kier alpha value is -1.94. The van der Waals surface area contributed by atoms with Crippen LogP contribution in [0.25, 0.3) is 0 Å². The highest BCUT2D eigenvalue weighted by atomic mass is 32.2. The van der Waals surface area contributed by atoms with E-state index in [0.717, 1.165) is 17.5 Å². The summed E-state index contributed by atoms with van der Waals surface area (Å²) in [5, 5.41) is -0.486. The van der Waals surface area contributed by atoms with Gasteiger partial charge in [0.25, 0.3) is 0 Å². The summed E-state index contributed by atoms with van der Waals surface area (Å²) >= 11 is 0. The highest BCUT2D eigenvalue weighted by Gasteiger charge is 2.28. The van der Waals surface area contributed by atoms with Gasteiger partial charge >= 0.3 is 0 Å². The molecule has 152 valence electrons. The second kappa shape index (κ2) is 7.82. The molecule has 7 nitrogen and oxygen atoms in total. The summed E-state index contributed by atoms with van der Waals surface area (Å²) in [5.74, 6) is 0.983. The topological polar surface area (TPSA) is 102 Å². The van der Waals surface area contributed by atoms with Crippen LogP contribution in [0.3, 0.4) is 0 Å². The van der Waals surface area contributed by atoms with Gasteiger partial charge in [0.1, 0.15) is 11.5 Å². The Balaban J connectivity index is 1.80. The quantitative estimate of drug-likeness (QED) is 0.712. The fourth-order valence-electron chi connectivity index (χ4n) is 3.07. The van der Waals surface area contributed by atoms with Gasteiger partial charge in [0.05, 0.1) is 10.1 Å². The van der Waals surface area contributed by atoms with Gasteiger partial charge in [-0.3, -0.25) is 0 Å². The molecule has 2 aromatic carbocycles. The third kappa shape index (κ3) is 4.38. The monoisotopic (exact) mass is 424 g/mol. The summed E-state index contributed by atoms with van der Waals surface area (Å²) in [6.07, 6.45) is 1.44. The largest absolute Gasteiger partial charge is 0.457 e. The van der Waals surface area contributed by atoms with Gasteiger partial charge in [0.15, 0.2) is 0 Å². The third-order valence-corrected chi connectivity index (χ3v) is 8.01. The van der Waals surface area contributed by atoms with E-state index in [2.05, 4.69) is 9.44 Å². The van der Waals surface area contributed by atoms with E-state index in [-0.39, 0.29) is 10.9 Å². The SMILES string of the molecule is CNS(=O)(=O)c1cccc(Oc2ccc3c(c2)CCC3NS(=O)(=O)C(C)C)c1. The zero-order chi connectivity index (χ0) is 20.5. The predicted octanol–water partition coefficient (Wildman–Crippen LogP) is 2.70. The maximum Gasteiger partial charge on any atom is 0.240 e. The van der Waals surface area contributed by atoms with Crippen LogP contribution in [0.2, 0.25) is 0 Å². The lowest BCUT2D eigenvalue weighted by Gasteiger charge is -2.17. The second-order valence-electron chi connectivity index (χ2n) is 6.95. The number of aryl methyl sites for hydroxylation is 1. The van der Waals surface area contributed by atoms with Gasteiger partial charge in [0.2, 0.25) is 20.0 Å². The Bertz CT molecular complexity index is 1080. The van der Waals surface area contributed by atoms with Gasteiger partial charge < -0.3 is 4.74 Å². The van der Waals surface area contributed by atoms with Crippen LogP contribution in [0.15, 0.2) is 47.4 Å². The average molecular weight is 425 g/mol. The lowest BCUT2D eigenvalue weighted by atomic mass is 10.1. The molecular formula is C19H24N2O5S2. The number of hydrogen-bond donors (Lipinski definition) is 2. The maximum absolute atomic E-state index is 12.2. The molecule has 28 heavy (non-hydrogen) atoms. The number of rotatable bonds is 7. The van der Waals surface area contributed by atoms with Crippen molar-refractivity contribution in [1.82, 2.24) is 9.44 Å². The van der Waals surface area contributed by atoms with Crippen molar-refractivity contribution in [1.29, 1.82) is 0 Å². The average Bonchev–Trinajstić information content (AvgIpc) is 3.03. The lowest BCUT2D eigenvalue weighted by molar-refractivity contribution is 0.480. The molecule has 0 spiro atoms. The molecule has 1 unspecified atom stereocenters. The standard InChI is InChI=1S/C19H24N2O5S2/c1-13(2)27(22,23)21-19-10-7-14-11-16(8-9-18(14)19)26-15-5-4-6-17(12-15)28(24,25)20-3/h4-6,8-9,11-13,19-21H,7,10H2,1-3H3. The van der Waals surface area contributed by atoms with Crippen LogP contribution >= 0.6 is 0 Å². The molecule has 0 aliphatic heterocycles. The van der Waals surface area contributed by atoms with E-state index >= 15 is 0 Å². The molecule has 0 saturated heterocycles. The first-order valence-electron chi connectivity index (χ1n) is 8.98. The summed E-state index contributed by atoms with van der Waals surface area (Å²) in [6.45, 7) is 3.30. The fourth-order valence-corrected chi connectivity index (χ4v) is 4.75. The molecule has 0 saturated carbocycles. The van der Waals surface area contributed by atoms with Gasteiger partial charge in [0, 0.05) is 12.1 Å². The molecule has 0 heterocycles. The minimum Gasteiger partial charge on any atom is -0.457 e. The van der Waals surface area contributed by atoms with Crippen molar-refractivity contribution in [3.8, 4) is 11.5 Å². The minimum atomic E-state index is -3.55. The van der Waals surface area contributed by atoms with Crippen molar-refractivity contribution in [2.75, 3.05) is 7.05 Å². The molecule has 0 aromatic heterocycles. The van der Waals surface area contributed by atoms with Crippen molar-refractivity contribution in [2.45, 2.75) is 42.9 Å². The summed E-state index contributed by atoms with van der Waals surface area (Å²) < 4.78 is 59.0. The fraction of sp³-hybridized carbons (Fsp3) is 0.368. The van der Waals surface area contributed by atoms with Crippen molar-refractivity contribution in [2.24, 2.45) is 0 Å². The molecule has 2 N–H and O–H groups in total. The molecule has 1 aliphatic carbocycles. The van der Waals surface area contributed by atoms with E-state index in [1.165, 1.54) is 19.2 Å². The van der Waals surface area contributed by atoms with Gasteiger partial charge in [-0.25, -0.2) is 26.3 Å². The number of sulfonamides is 2. The van der Waals surface area contributed by atoms with Crippen LogP contribution in [0.5, 0.6) is 11.5 Å². The normalized spacial score (nSPS) is 16.9. The van der Waals surface area contributed by atoms with Crippen LogP contribution in [0.4, 0.5) is 0 Å². The van der Waals surface area contributed by atoms with Gasteiger partial charge in [-0.1, -0.05) is 12.1 Å². The molecule has 1 aliphatic rings. The Morgan fingerprint density at radius 2 is 1.75 bits per heavy atom. The molecule has 2 aromatic rings. The number of nitrogens with one attached hydrogen (secondary N) is 2. The molecule has 1 atom stereocenters. The summed E-state index contributed by atoms with van der Waals surface area (Å²) in [7, 11) is -5.54. The number of hydrogen-bond acceptors (Lipinski definition) is 5. The second-order valence-corrected chi connectivity index (χ2v) is 11.1. The first kappa shape index (κ1) is 20.8. The summed E-state index contributed by atoms with van der Waals surface area (Å²) in [4.78, 5) is 0.122. The van der Waals surface area contributed by atoms with E-state index in [1.54, 1.807) is 32.0 Å². The molecule has 0 amide bonds. The van der Waals surface area contributed by atoms with E-state index < -0.39 is 25.3 Å². The molecule has 9 heteroatoms. The smallest absolute Gasteiger partial charge is 0.240 e. The minimum absolute atomic E-state index is 0.122. The van der Waals surface area contributed by atoms with Crippen LogP contribution in [-0.2, 0) is 26.5 Å². The highest BCUT2D eigenvalue weighted by molar-refractivity contribution is 7.90. The third-order valence-electron chi connectivity index (χ3n) is 4.74. The van der Waals surface area contributed by atoms with Crippen molar-refractivity contribution < 1.29 is 21.6 Å². The molecule has 0 bridgehead atoms. The highest BCUT2D eigenvalue weighted by Crippen LogP contribution is 2.35. The van der Waals surface area contributed by atoms with Crippen molar-refractivity contribution in [3.63, 3.8) is 0 Å². The Morgan fingerprint density at radius 1 is 1.04 bits per heavy atom.